The number of Topliss-reactive ketones (excluding diaryl/α,β-unsaturated/α-hetero) is 1. The highest BCUT2D eigenvalue weighted by atomic mass is 16.5. The molecule has 0 aromatic heterocycles. The lowest BCUT2D eigenvalue weighted by Gasteiger charge is -2.36. The second-order valence-electron chi connectivity index (χ2n) is 10.2. The number of piperazine rings is 1. The van der Waals surface area contributed by atoms with Gasteiger partial charge in [-0.2, -0.15) is 0 Å². The highest BCUT2D eigenvalue weighted by molar-refractivity contribution is 5.99. The van der Waals surface area contributed by atoms with E-state index in [0.29, 0.717) is 30.9 Å². The Morgan fingerprint density at radius 1 is 0.872 bits per heavy atom. The van der Waals surface area contributed by atoms with Crippen LogP contribution >= 0.6 is 0 Å². The van der Waals surface area contributed by atoms with Crippen molar-refractivity contribution in [1.82, 2.24) is 4.90 Å². The number of hydrogen-bond donors (Lipinski definition) is 2. The second-order valence-corrected chi connectivity index (χ2v) is 10.2. The van der Waals surface area contributed by atoms with Crippen LogP contribution in [0.1, 0.15) is 37.6 Å². The van der Waals surface area contributed by atoms with Gasteiger partial charge in [0.1, 0.15) is 5.75 Å². The number of carboxylic acids is 1. The van der Waals surface area contributed by atoms with Gasteiger partial charge in [0, 0.05) is 43.9 Å². The van der Waals surface area contributed by atoms with E-state index >= 15 is 0 Å². The van der Waals surface area contributed by atoms with Crippen LogP contribution in [0.15, 0.2) is 72.8 Å². The summed E-state index contributed by atoms with van der Waals surface area (Å²) in [7, 11) is 0. The average molecular weight is 530 g/mol. The molecule has 2 N–H and O–H groups in total. The van der Waals surface area contributed by atoms with E-state index in [2.05, 4.69) is 10.2 Å². The number of nitrogens with zero attached hydrogens (tertiary/aromatic N) is 2. The summed E-state index contributed by atoms with van der Waals surface area (Å²) in [5, 5.41) is 12.3. The topological polar surface area (TPSA) is 99.2 Å². The van der Waals surface area contributed by atoms with Gasteiger partial charge >= 0.3 is 12.0 Å². The van der Waals surface area contributed by atoms with Crippen LogP contribution in [0.5, 0.6) is 5.75 Å². The second kappa shape index (κ2) is 12.0. The van der Waals surface area contributed by atoms with Gasteiger partial charge in [-0.3, -0.25) is 9.59 Å². The number of hydrogen-bond acceptors (Lipinski definition) is 5. The first-order valence-corrected chi connectivity index (χ1v) is 13.2. The number of nitrogens with one attached hydrogen (secondary N) is 1. The monoisotopic (exact) mass is 529 g/mol. The van der Waals surface area contributed by atoms with Crippen molar-refractivity contribution in [2.45, 2.75) is 27.2 Å². The number of aliphatic carboxylic acids is 1. The standard InChI is InChI=1S/C31H35N3O5/c1-4-39-28-8-6-5-7-26(28)33-17-19-34(20-18-33)30(38)32-25-15-13-23(14-16-25)22-9-11-24(12-10-22)27(35)21-31(2,3)29(36)37/h5-16H,4,17-21H2,1-3H3,(H,32,38)(H,36,37). The first-order valence-electron chi connectivity index (χ1n) is 13.2. The molecule has 0 saturated carbocycles. The molecule has 1 fully saturated rings. The molecular weight excluding hydrogens is 494 g/mol. The summed E-state index contributed by atoms with van der Waals surface area (Å²) >= 11 is 0. The number of urea groups is 1. The van der Waals surface area contributed by atoms with Crippen LogP contribution in [0.3, 0.4) is 0 Å². The summed E-state index contributed by atoms with van der Waals surface area (Å²) in [4.78, 5) is 40.8. The summed E-state index contributed by atoms with van der Waals surface area (Å²) < 4.78 is 5.76. The van der Waals surface area contributed by atoms with Crippen LogP contribution in [0, 0.1) is 5.41 Å². The van der Waals surface area contributed by atoms with Gasteiger partial charge in [0.05, 0.1) is 17.7 Å². The zero-order chi connectivity index (χ0) is 28.0. The molecule has 0 spiro atoms. The number of benzene rings is 3. The van der Waals surface area contributed by atoms with Crippen LogP contribution in [-0.2, 0) is 4.79 Å². The molecule has 8 heteroatoms. The Morgan fingerprint density at radius 3 is 2.05 bits per heavy atom. The van der Waals surface area contributed by atoms with E-state index < -0.39 is 11.4 Å². The van der Waals surface area contributed by atoms with E-state index in [1.54, 1.807) is 26.0 Å². The van der Waals surface area contributed by atoms with Crippen molar-refractivity contribution in [1.29, 1.82) is 0 Å². The predicted octanol–water partition coefficient (Wildman–Crippen LogP) is 5.79. The third kappa shape index (κ3) is 6.76. The molecule has 204 valence electrons. The number of amides is 2. The lowest BCUT2D eigenvalue weighted by atomic mass is 9.85. The molecule has 1 aliphatic rings. The predicted molar refractivity (Wildman–Crippen MR) is 153 cm³/mol. The quantitative estimate of drug-likeness (QED) is 0.341. The van der Waals surface area contributed by atoms with Gasteiger partial charge in [-0.1, -0.05) is 48.5 Å². The minimum atomic E-state index is -1.11. The van der Waals surface area contributed by atoms with Gasteiger partial charge in [0.25, 0.3) is 0 Å². The Hall–Kier alpha value is -4.33. The van der Waals surface area contributed by atoms with E-state index in [-0.39, 0.29) is 18.2 Å². The molecule has 3 aromatic carbocycles. The summed E-state index contributed by atoms with van der Waals surface area (Å²) in [6, 6.07) is 22.5. The van der Waals surface area contributed by atoms with Crippen molar-refractivity contribution in [3.63, 3.8) is 0 Å². The number of carboxylic acid groups (broad SMARTS) is 1. The number of anilines is 2. The van der Waals surface area contributed by atoms with Gasteiger partial charge < -0.3 is 25.0 Å². The maximum absolute atomic E-state index is 12.9. The Bertz CT molecular complexity index is 1310. The average Bonchev–Trinajstić information content (AvgIpc) is 2.94. The van der Waals surface area contributed by atoms with E-state index in [1.807, 2.05) is 72.5 Å². The molecule has 2 amide bonds. The van der Waals surface area contributed by atoms with Gasteiger partial charge in [0.2, 0.25) is 0 Å². The van der Waals surface area contributed by atoms with Gasteiger partial charge in [0.15, 0.2) is 5.78 Å². The molecule has 4 rings (SSSR count). The first-order chi connectivity index (χ1) is 18.7. The maximum atomic E-state index is 12.9. The van der Waals surface area contributed by atoms with Crippen molar-refractivity contribution in [2.75, 3.05) is 43.0 Å². The van der Waals surface area contributed by atoms with Crippen LogP contribution in [-0.4, -0.2) is 60.6 Å². The van der Waals surface area contributed by atoms with Crippen molar-refractivity contribution in [3.05, 3.63) is 78.4 Å². The Morgan fingerprint density at radius 2 is 1.46 bits per heavy atom. The molecule has 0 bridgehead atoms. The van der Waals surface area contributed by atoms with Crippen LogP contribution in [0.2, 0.25) is 0 Å². The Balaban J connectivity index is 1.31. The minimum absolute atomic E-state index is 0.0638. The fourth-order valence-electron chi connectivity index (χ4n) is 4.52. The van der Waals surface area contributed by atoms with Crippen molar-refractivity contribution >= 4 is 29.2 Å². The van der Waals surface area contributed by atoms with E-state index in [1.165, 1.54) is 0 Å². The van der Waals surface area contributed by atoms with Gasteiger partial charge in [-0.25, -0.2) is 4.79 Å². The zero-order valence-electron chi connectivity index (χ0n) is 22.6. The van der Waals surface area contributed by atoms with Gasteiger partial charge in [-0.15, -0.1) is 0 Å². The summed E-state index contributed by atoms with van der Waals surface area (Å²) in [5.74, 6) is -0.335. The number of ketones is 1. The molecule has 0 radical (unpaired) electrons. The van der Waals surface area contributed by atoms with Crippen LogP contribution < -0.4 is 15.0 Å². The molecular formula is C31H35N3O5. The number of para-hydroxylation sites is 2. The summed E-state index contributed by atoms with van der Waals surface area (Å²) in [5.41, 5.74) is 2.99. The molecule has 0 atom stereocenters. The van der Waals surface area contributed by atoms with E-state index in [9.17, 15) is 19.5 Å². The number of rotatable bonds is 9. The first kappa shape index (κ1) is 27.7. The third-order valence-electron chi connectivity index (χ3n) is 6.93. The molecule has 1 heterocycles. The third-order valence-corrected chi connectivity index (χ3v) is 6.93. The largest absolute Gasteiger partial charge is 0.492 e. The van der Waals surface area contributed by atoms with E-state index in [0.717, 1.165) is 35.7 Å². The lowest BCUT2D eigenvalue weighted by molar-refractivity contribution is -0.146. The lowest BCUT2D eigenvalue weighted by Crippen LogP contribution is -2.50. The summed E-state index contributed by atoms with van der Waals surface area (Å²) in [6.07, 6.45) is -0.0638. The minimum Gasteiger partial charge on any atom is -0.492 e. The summed E-state index contributed by atoms with van der Waals surface area (Å²) in [6.45, 7) is 8.34. The highest BCUT2D eigenvalue weighted by Crippen LogP contribution is 2.29. The van der Waals surface area contributed by atoms with Crippen LogP contribution in [0.4, 0.5) is 16.2 Å². The fraction of sp³-hybridized carbons (Fsp3) is 0.323. The van der Waals surface area contributed by atoms with Crippen molar-refractivity contribution in [2.24, 2.45) is 5.41 Å². The van der Waals surface area contributed by atoms with E-state index in [4.69, 9.17) is 4.74 Å². The number of carbonyl (C=O) groups excluding carboxylic acids is 2. The molecule has 8 nitrogen and oxygen atoms in total. The highest BCUT2D eigenvalue weighted by Gasteiger charge is 2.30. The Kier molecular flexibility index (Phi) is 8.54. The maximum Gasteiger partial charge on any atom is 0.321 e. The van der Waals surface area contributed by atoms with Gasteiger partial charge in [-0.05, 0) is 56.2 Å². The molecule has 39 heavy (non-hydrogen) atoms. The molecule has 1 saturated heterocycles. The van der Waals surface area contributed by atoms with Crippen molar-refractivity contribution < 1.29 is 24.2 Å². The number of ether oxygens (including phenoxy) is 1. The smallest absolute Gasteiger partial charge is 0.321 e. The normalized spacial score (nSPS) is 13.6. The zero-order valence-corrected chi connectivity index (χ0v) is 22.6. The van der Waals surface area contributed by atoms with Crippen LogP contribution in [0.25, 0.3) is 11.1 Å². The number of carbonyl (C=O) groups is 3. The fourth-order valence-corrected chi connectivity index (χ4v) is 4.52. The molecule has 0 unspecified atom stereocenters. The van der Waals surface area contributed by atoms with Crippen molar-refractivity contribution in [3.8, 4) is 16.9 Å². The molecule has 3 aromatic rings. The molecule has 1 aliphatic heterocycles. The molecule has 0 aliphatic carbocycles. The SMILES string of the molecule is CCOc1ccccc1N1CCN(C(=O)Nc2ccc(-c3ccc(C(=O)CC(C)(C)C(=O)O)cc3)cc2)CC1. The Labute approximate surface area is 229 Å².